The van der Waals surface area contributed by atoms with E-state index < -0.39 is 35.6 Å². The average molecular weight is 616 g/mol. The van der Waals surface area contributed by atoms with E-state index in [0.29, 0.717) is 0 Å². The zero-order valence-corrected chi connectivity index (χ0v) is 26.5. The van der Waals surface area contributed by atoms with Gasteiger partial charge in [-0.3, -0.25) is 0 Å². The van der Waals surface area contributed by atoms with Gasteiger partial charge >= 0.3 is 75.0 Å². The number of amides is 1. The first kappa shape index (κ1) is 31.8. The van der Waals surface area contributed by atoms with Gasteiger partial charge < -0.3 is 31.7 Å². The third-order valence-electron chi connectivity index (χ3n) is 7.33. The Labute approximate surface area is 278 Å². The van der Waals surface area contributed by atoms with Crippen LogP contribution in [0, 0.1) is 6.92 Å². The minimum atomic E-state index is -5.44. The Balaban J connectivity index is 0.00000387. The van der Waals surface area contributed by atoms with Crippen LogP contribution in [0.15, 0.2) is 60.7 Å². The fourth-order valence-corrected chi connectivity index (χ4v) is 5.79. The van der Waals surface area contributed by atoms with E-state index >= 15 is 0 Å². The molecule has 2 aliphatic rings. The van der Waals surface area contributed by atoms with Gasteiger partial charge in [0, 0.05) is 43.9 Å². The molecule has 3 aromatic carbocycles. The first-order valence-corrected chi connectivity index (χ1v) is 14.0. The van der Waals surface area contributed by atoms with Crippen molar-refractivity contribution in [3.63, 3.8) is 0 Å². The predicted octanol–water partition coefficient (Wildman–Crippen LogP) is 2.59. The molecule has 1 aliphatic carbocycles. The van der Waals surface area contributed by atoms with Crippen LogP contribution >= 0.6 is 0 Å². The minimum absolute atomic E-state index is 0. The van der Waals surface area contributed by atoms with Crippen LogP contribution in [0.25, 0.3) is 11.1 Å². The number of halogens is 4. The van der Waals surface area contributed by atoms with Gasteiger partial charge in [0.15, 0.2) is 0 Å². The molecule has 1 heterocycles. The molecule has 0 N–H and O–H groups in total. The second-order valence-electron chi connectivity index (χ2n) is 9.90. The molecule has 1 aliphatic heterocycles. The van der Waals surface area contributed by atoms with Crippen LogP contribution in [0.5, 0.6) is 5.75 Å². The Morgan fingerprint density at radius 2 is 1.51 bits per heavy atom. The van der Waals surface area contributed by atoms with Gasteiger partial charge in [-0.2, -0.15) is 8.42 Å². The van der Waals surface area contributed by atoms with Crippen molar-refractivity contribution < 1.29 is 90.3 Å². The number of benzene rings is 3. The number of rotatable bonds is 7. The fraction of sp³-hybridized carbons (Fsp3) is 0.296. The second kappa shape index (κ2) is 12.6. The topological polar surface area (TPSA) is 76.2 Å². The number of piperazine rings is 1. The van der Waals surface area contributed by atoms with E-state index in [9.17, 15) is 30.0 Å². The Bertz CT molecular complexity index is 1500. The number of hydrogen-bond acceptors (Lipinski definition) is 6. The number of anilines is 1. The van der Waals surface area contributed by atoms with E-state index in [2.05, 4.69) is 4.18 Å². The molecule has 1 saturated heterocycles. The van der Waals surface area contributed by atoms with Crippen molar-refractivity contribution in [2.24, 2.45) is 0 Å². The molecule has 41 heavy (non-hydrogen) atoms. The van der Waals surface area contributed by atoms with Crippen molar-refractivity contribution in [3.8, 4) is 16.9 Å². The van der Waals surface area contributed by atoms with Crippen LogP contribution in [0.3, 0.4) is 0 Å². The summed E-state index contributed by atoms with van der Waals surface area (Å²) in [7, 11) is -5.44. The molecule has 0 bridgehead atoms. The molecule has 5 rings (SSSR count). The summed E-state index contributed by atoms with van der Waals surface area (Å²) in [4.78, 5) is 16.1. The Morgan fingerprint density at radius 1 is 0.951 bits per heavy atom. The summed E-state index contributed by atoms with van der Waals surface area (Å²) in [5.74, 6) is -0.599. The summed E-state index contributed by atoms with van der Waals surface area (Å²) in [6, 6.07) is 18.5. The smallest absolute Gasteiger partial charge is 0.449 e. The molecular weight excluding hydrogens is 590 g/mol. The predicted molar refractivity (Wildman–Crippen MR) is 143 cm³/mol. The number of ether oxygens (including phenoxy) is 1. The van der Waals surface area contributed by atoms with Gasteiger partial charge in [-0.05, 0) is 40.8 Å². The molecule has 7 nitrogen and oxygen atoms in total. The summed E-state index contributed by atoms with van der Waals surface area (Å²) in [5, 5.41) is 0. The number of nitrogens with zero attached hydrogens (tertiary/aromatic N) is 2. The zero-order valence-electron chi connectivity index (χ0n) is 22.5. The van der Waals surface area contributed by atoms with Gasteiger partial charge in [0.05, 0.1) is 0 Å². The quantitative estimate of drug-likeness (QED) is 0.231. The summed E-state index contributed by atoms with van der Waals surface area (Å²) in [6.45, 7) is -2.91. The minimum Gasteiger partial charge on any atom is -0.449 e. The monoisotopic (exact) mass is 616 g/mol. The van der Waals surface area contributed by atoms with Gasteiger partial charge in [-0.25, -0.2) is 4.79 Å². The third-order valence-corrected chi connectivity index (χ3v) is 7.71. The van der Waals surface area contributed by atoms with Crippen LogP contribution in [0.1, 0.15) is 28.2 Å². The normalized spacial score (nSPS) is 15.1. The number of carbonyl (C=O) groups is 1. The second-order valence-corrected chi connectivity index (χ2v) is 10.8. The Hall–Kier alpha value is -2.10. The molecule has 212 valence electrons. The van der Waals surface area contributed by atoms with E-state index in [1.807, 2.05) is 48.5 Å². The van der Waals surface area contributed by atoms with Crippen LogP contribution in [0.2, 0.25) is 0 Å². The number of fused-ring (bicyclic) bond motifs is 3. The van der Waals surface area contributed by atoms with Gasteiger partial charge in [0.2, 0.25) is 0 Å². The summed E-state index contributed by atoms with van der Waals surface area (Å²) in [6.07, 6.45) is -1.78. The van der Waals surface area contributed by atoms with Crippen molar-refractivity contribution in [2.45, 2.75) is 19.2 Å². The maximum atomic E-state index is 13.2. The van der Waals surface area contributed by atoms with E-state index in [1.54, 1.807) is 4.90 Å². The first-order chi connectivity index (χ1) is 18.9. The molecule has 0 aromatic heterocycles. The SMILES string of the molecule is Cc1c(C[B-](F)(F)F)cc(N2CCN(C(=O)OCC3c4ccccc4-c4ccccc43)CC2)cc1OS(=O)(=O)F.[K+]. The molecule has 3 aromatic rings. The standard InChI is InChI=1S/C27H26BF4N2O5S.K/c1-18-19(16-28(29,30)31)14-20(15-26(18)39-40(32,36)37)33-10-12-34(13-11-33)27(35)38-17-25-23-8-4-2-6-21(23)22-7-3-5-9-24(22)25;/h2-9,14-15,25H,10-13,16-17H2,1H3;/q-1;+1. The third kappa shape index (κ3) is 7.46. The fourth-order valence-electron chi connectivity index (χ4n) is 5.40. The Morgan fingerprint density at radius 3 is 2.05 bits per heavy atom. The maximum absolute atomic E-state index is 13.2. The van der Waals surface area contributed by atoms with E-state index in [4.69, 9.17) is 4.74 Å². The molecular formula is C27H26BF4KN2O5S. The van der Waals surface area contributed by atoms with Gasteiger partial charge in [-0.15, -0.1) is 0 Å². The van der Waals surface area contributed by atoms with Crippen molar-refractivity contribution in [1.82, 2.24) is 4.90 Å². The molecule has 1 amide bonds. The molecule has 0 spiro atoms. The van der Waals surface area contributed by atoms with Crippen molar-refractivity contribution in [1.29, 1.82) is 0 Å². The van der Waals surface area contributed by atoms with E-state index in [1.165, 1.54) is 24.0 Å². The van der Waals surface area contributed by atoms with Crippen LogP contribution < -0.4 is 60.5 Å². The molecule has 0 radical (unpaired) electrons. The van der Waals surface area contributed by atoms with Crippen LogP contribution in [0.4, 0.5) is 27.3 Å². The van der Waals surface area contributed by atoms with Gasteiger partial charge in [-0.1, -0.05) is 64.3 Å². The average Bonchev–Trinajstić information content (AvgIpc) is 3.22. The molecule has 14 heteroatoms. The Kier molecular flexibility index (Phi) is 9.81. The molecule has 0 unspecified atom stereocenters. The number of hydrogen-bond donors (Lipinski definition) is 0. The number of carbonyl (C=O) groups excluding carboxylic acids is 1. The zero-order chi connectivity index (χ0) is 28.7. The molecule has 0 saturated carbocycles. The van der Waals surface area contributed by atoms with E-state index in [0.717, 1.165) is 22.3 Å². The molecule has 0 atom stereocenters. The molecule has 1 fully saturated rings. The van der Waals surface area contributed by atoms with Crippen LogP contribution in [-0.2, 0) is 21.6 Å². The first-order valence-electron chi connectivity index (χ1n) is 12.7. The van der Waals surface area contributed by atoms with E-state index in [-0.39, 0.29) is 107 Å². The van der Waals surface area contributed by atoms with Crippen molar-refractivity contribution in [2.75, 3.05) is 37.7 Å². The largest absolute Gasteiger partial charge is 1.00 e. The van der Waals surface area contributed by atoms with Crippen molar-refractivity contribution >= 4 is 29.3 Å². The maximum Gasteiger partial charge on any atom is 1.00 e. The summed E-state index contributed by atoms with van der Waals surface area (Å²) in [5.41, 5.74) is 4.33. The summed E-state index contributed by atoms with van der Waals surface area (Å²) < 4.78 is 85.1. The van der Waals surface area contributed by atoms with Crippen LogP contribution in [-0.4, -0.2) is 59.2 Å². The van der Waals surface area contributed by atoms with Gasteiger partial charge in [0.25, 0.3) is 0 Å². The van der Waals surface area contributed by atoms with Crippen molar-refractivity contribution in [3.05, 3.63) is 82.9 Å². The van der Waals surface area contributed by atoms with Gasteiger partial charge in [0.1, 0.15) is 12.4 Å². The summed E-state index contributed by atoms with van der Waals surface area (Å²) >= 11 is 0.